The summed E-state index contributed by atoms with van der Waals surface area (Å²) in [6.45, 7) is 4.39. The van der Waals surface area contributed by atoms with Crippen LogP contribution in [0.15, 0.2) is 0 Å². The molecule has 1 aliphatic rings. The lowest BCUT2D eigenvalue weighted by molar-refractivity contribution is -0.132. The molecule has 4 nitrogen and oxygen atoms in total. The Morgan fingerprint density at radius 2 is 2.46 bits per heavy atom. The molecule has 13 heavy (non-hydrogen) atoms. The Labute approximate surface area is 78.3 Å². The molecule has 1 aliphatic heterocycles. The minimum Gasteiger partial charge on any atom is -0.394 e. The number of carbonyl (C=O) groups excluding carboxylic acids is 1. The zero-order valence-corrected chi connectivity index (χ0v) is 8.12. The Morgan fingerprint density at radius 3 is 2.92 bits per heavy atom. The molecule has 76 valence electrons. The summed E-state index contributed by atoms with van der Waals surface area (Å²) < 4.78 is 5.28. The van der Waals surface area contributed by atoms with Crippen molar-refractivity contribution in [1.29, 1.82) is 0 Å². The molecule has 0 aromatic carbocycles. The van der Waals surface area contributed by atoms with Crippen molar-refractivity contribution in [1.82, 2.24) is 5.32 Å². The highest BCUT2D eigenvalue weighted by Gasteiger charge is 2.31. The molecule has 0 spiro atoms. The van der Waals surface area contributed by atoms with Gasteiger partial charge in [0.1, 0.15) is 6.10 Å². The second-order valence-electron chi connectivity index (χ2n) is 3.65. The minimum absolute atomic E-state index is 0.0349. The largest absolute Gasteiger partial charge is 0.394 e. The van der Waals surface area contributed by atoms with Gasteiger partial charge in [-0.05, 0) is 19.3 Å². The summed E-state index contributed by atoms with van der Waals surface area (Å²) in [5.74, 6) is 0.178. The first kappa shape index (κ1) is 10.5. The summed E-state index contributed by atoms with van der Waals surface area (Å²) >= 11 is 0. The van der Waals surface area contributed by atoms with Gasteiger partial charge in [-0.15, -0.1) is 0 Å². The molecule has 0 aliphatic carbocycles. The smallest absolute Gasteiger partial charge is 0.249 e. The van der Waals surface area contributed by atoms with Crippen molar-refractivity contribution in [3.8, 4) is 0 Å². The fourth-order valence-electron chi connectivity index (χ4n) is 1.40. The van der Waals surface area contributed by atoms with Gasteiger partial charge in [-0.25, -0.2) is 0 Å². The first-order chi connectivity index (χ1) is 6.15. The number of carbonyl (C=O) groups is 1. The summed E-state index contributed by atoms with van der Waals surface area (Å²) in [4.78, 5) is 11.5. The monoisotopic (exact) mass is 187 g/mol. The Bertz CT molecular complexity index is 184. The first-order valence-corrected chi connectivity index (χ1v) is 4.68. The first-order valence-electron chi connectivity index (χ1n) is 4.68. The number of aliphatic hydroxyl groups excluding tert-OH is 1. The number of nitrogens with one attached hydrogen (secondary N) is 1. The van der Waals surface area contributed by atoms with E-state index >= 15 is 0 Å². The maximum atomic E-state index is 11.5. The predicted molar refractivity (Wildman–Crippen MR) is 48.2 cm³/mol. The van der Waals surface area contributed by atoms with Crippen LogP contribution in [0.2, 0.25) is 0 Å². The summed E-state index contributed by atoms with van der Waals surface area (Å²) in [6.07, 6.45) is 0.611. The van der Waals surface area contributed by atoms with Gasteiger partial charge in [0.15, 0.2) is 0 Å². The molecule has 1 amide bonds. The molecule has 0 radical (unpaired) electrons. The van der Waals surface area contributed by atoms with E-state index in [9.17, 15) is 4.79 Å². The molecule has 0 saturated carbocycles. The topological polar surface area (TPSA) is 58.6 Å². The van der Waals surface area contributed by atoms with Gasteiger partial charge in [0, 0.05) is 12.6 Å². The normalized spacial score (nSPS) is 30.1. The van der Waals surface area contributed by atoms with Crippen molar-refractivity contribution in [2.45, 2.75) is 32.4 Å². The highest BCUT2D eigenvalue weighted by Crippen LogP contribution is 2.19. The fourth-order valence-corrected chi connectivity index (χ4v) is 1.40. The number of hydrogen-bond donors (Lipinski definition) is 2. The fraction of sp³-hybridized carbons (Fsp3) is 0.889. The third kappa shape index (κ3) is 2.67. The molecule has 1 saturated heterocycles. The molecular weight excluding hydrogens is 170 g/mol. The van der Waals surface area contributed by atoms with Crippen LogP contribution < -0.4 is 5.32 Å². The van der Waals surface area contributed by atoms with Crippen LogP contribution in [-0.2, 0) is 9.53 Å². The Hall–Kier alpha value is -0.610. The van der Waals surface area contributed by atoms with Gasteiger partial charge in [-0.3, -0.25) is 4.79 Å². The minimum atomic E-state index is -0.325. The van der Waals surface area contributed by atoms with Crippen LogP contribution in [0.5, 0.6) is 0 Å². The van der Waals surface area contributed by atoms with Crippen molar-refractivity contribution in [3.63, 3.8) is 0 Å². The highest BCUT2D eigenvalue weighted by atomic mass is 16.5. The lowest BCUT2D eigenvalue weighted by Gasteiger charge is -2.17. The van der Waals surface area contributed by atoms with Crippen molar-refractivity contribution in [2.24, 2.45) is 5.92 Å². The van der Waals surface area contributed by atoms with Crippen LogP contribution in [0.4, 0.5) is 0 Å². The summed E-state index contributed by atoms with van der Waals surface area (Å²) in [6, 6.07) is -0.191. The number of aliphatic hydroxyl groups is 1. The van der Waals surface area contributed by atoms with E-state index in [-0.39, 0.29) is 30.6 Å². The average Bonchev–Trinajstić information content (AvgIpc) is 2.51. The summed E-state index contributed by atoms with van der Waals surface area (Å²) in [5, 5.41) is 11.4. The Balaban J connectivity index is 2.38. The quantitative estimate of drug-likeness (QED) is 0.649. The molecule has 1 rings (SSSR count). The number of hydrogen-bond acceptors (Lipinski definition) is 3. The molecule has 4 heteroatoms. The van der Waals surface area contributed by atoms with E-state index in [4.69, 9.17) is 9.84 Å². The average molecular weight is 187 g/mol. The van der Waals surface area contributed by atoms with Crippen molar-refractivity contribution in [2.75, 3.05) is 13.2 Å². The lowest BCUT2D eigenvalue weighted by Crippen LogP contribution is -2.43. The molecule has 2 unspecified atom stereocenters. The van der Waals surface area contributed by atoms with Crippen molar-refractivity contribution in [3.05, 3.63) is 0 Å². The molecule has 0 bridgehead atoms. The van der Waals surface area contributed by atoms with Crippen LogP contribution in [0.1, 0.15) is 20.3 Å². The Kier molecular flexibility index (Phi) is 3.69. The zero-order chi connectivity index (χ0) is 9.84. The maximum absolute atomic E-state index is 11.5. The van der Waals surface area contributed by atoms with Crippen LogP contribution in [-0.4, -0.2) is 36.4 Å². The standard InChI is InChI=1S/C9H17NO3/c1-6-3-4-13-8(6)9(12)10-7(2)5-11/h6-8,11H,3-5H2,1-2H3,(H,10,12)/t6?,7-,8?/m0/s1. The molecular formula is C9H17NO3. The number of rotatable bonds is 3. The summed E-state index contributed by atoms with van der Waals surface area (Å²) in [7, 11) is 0. The Morgan fingerprint density at radius 1 is 1.77 bits per heavy atom. The van der Waals surface area contributed by atoms with Crippen LogP contribution in [0.25, 0.3) is 0 Å². The van der Waals surface area contributed by atoms with Gasteiger partial charge in [0.25, 0.3) is 0 Å². The van der Waals surface area contributed by atoms with Gasteiger partial charge in [-0.1, -0.05) is 6.92 Å². The second kappa shape index (κ2) is 4.58. The zero-order valence-electron chi connectivity index (χ0n) is 8.12. The van der Waals surface area contributed by atoms with E-state index in [2.05, 4.69) is 5.32 Å². The molecule has 2 N–H and O–H groups in total. The number of ether oxygens (including phenoxy) is 1. The van der Waals surface area contributed by atoms with E-state index in [1.165, 1.54) is 0 Å². The van der Waals surface area contributed by atoms with E-state index < -0.39 is 0 Å². The van der Waals surface area contributed by atoms with Crippen molar-refractivity contribution >= 4 is 5.91 Å². The van der Waals surface area contributed by atoms with Gasteiger partial charge < -0.3 is 15.2 Å². The molecule has 0 aromatic heterocycles. The molecule has 3 atom stereocenters. The van der Waals surface area contributed by atoms with Crippen LogP contribution in [0, 0.1) is 5.92 Å². The van der Waals surface area contributed by atoms with Gasteiger partial charge >= 0.3 is 0 Å². The maximum Gasteiger partial charge on any atom is 0.249 e. The molecule has 0 aromatic rings. The molecule has 1 fully saturated rings. The van der Waals surface area contributed by atoms with Gasteiger partial charge in [0.2, 0.25) is 5.91 Å². The van der Waals surface area contributed by atoms with Gasteiger partial charge in [-0.2, -0.15) is 0 Å². The molecule has 1 heterocycles. The van der Waals surface area contributed by atoms with E-state index in [1.807, 2.05) is 6.92 Å². The van der Waals surface area contributed by atoms with Crippen LogP contribution >= 0.6 is 0 Å². The number of amides is 1. The summed E-state index contributed by atoms with van der Waals surface area (Å²) in [5.41, 5.74) is 0. The second-order valence-corrected chi connectivity index (χ2v) is 3.65. The van der Waals surface area contributed by atoms with Gasteiger partial charge in [0.05, 0.1) is 6.61 Å². The lowest BCUT2D eigenvalue weighted by atomic mass is 10.0. The van der Waals surface area contributed by atoms with Crippen molar-refractivity contribution < 1.29 is 14.6 Å². The third-order valence-electron chi connectivity index (χ3n) is 2.31. The van der Waals surface area contributed by atoms with E-state index in [0.29, 0.717) is 6.61 Å². The highest BCUT2D eigenvalue weighted by molar-refractivity contribution is 5.81. The van der Waals surface area contributed by atoms with E-state index in [0.717, 1.165) is 6.42 Å². The van der Waals surface area contributed by atoms with E-state index in [1.54, 1.807) is 6.92 Å². The predicted octanol–water partition coefficient (Wildman–Crippen LogP) is -0.0916. The third-order valence-corrected chi connectivity index (χ3v) is 2.31. The SMILES string of the molecule is CC1CCOC1C(=O)N[C@@H](C)CO. The van der Waals surface area contributed by atoms with Crippen LogP contribution in [0.3, 0.4) is 0 Å².